The van der Waals surface area contributed by atoms with Crippen LogP contribution in [0.25, 0.3) is 0 Å². The van der Waals surface area contributed by atoms with Crippen molar-refractivity contribution in [1.29, 1.82) is 0 Å². The van der Waals surface area contributed by atoms with Crippen LogP contribution in [0.5, 0.6) is 0 Å². The van der Waals surface area contributed by atoms with E-state index in [1.807, 2.05) is 32.6 Å². The first kappa shape index (κ1) is 15.8. The van der Waals surface area contributed by atoms with E-state index in [1.165, 1.54) is 12.1 Å². The summed E-state index contributed by atoms with van der Waals surface area (Å²) < 4.78 is 26.2. The number of nitrogens with zero attached hydrogens (tertiary/aromatic N) is 1. The molecule has 1 aromatic rings. The Balaban J connectivity index is 1.98. The van der Waals surface area contributed by atoms with Crippen LogP contribution in [0.1, 0.15) is 33.3 Å². The highest BCUT2D eigenvalue weighted by Gasteiger charge is 2.52. The molecule has 2 heterocycles. The van der Waals surface area contributed by atoms with Gasteiger partial charge in [-0.05, 0) is 57.3 Å². The van der Waals surface area contributed by atoms with E-state index in [0.29, 0.717) is 6.54 Å². The quantitative estimate of drug-likeness (QED) is 0.859. The normalized spacial score (nSPS) is 22.3. The Bertz CT molecular complexity index is 575. The second-order valence-electron chi connectivity index (χ2n) is 7.04. The molecule has 0 radical (unpaired) electrons. The topological polar surface area (TPSA) is 41.9 Å². The predicted molar refractivity (Wildman–Crippen MR) is 85.1 cm³/mol. The number of halogens is 1. The van der Waals surface area contributed by atoms with Crippen molar-refractivity contribution in [1.82, 2.24) is 0 Å². The average molecular weight is 307 g/mol. The Morgan fingerprint density at radius 2 is 1.86 bits per heavy atom. The van der Waals surface area contributed by atoms with Crippen LogP contribution in [0, 0.1) is 5.82 Å². The molecule has 1 N–H and O–H groups in total. The molecule has 1 fully saturated rings. The minimum absolute atomic E-state index is 0.0573. The van der Waals surface area contributed by atoms with E-state index in [1.54, 1.807) is 0 Å². The minimum Gasteiger partial charge on any atom is -0.399 e. The molecule has 0 amide bonds. The van der Waals surface area contributed by atoms with Crippen molar-refractivity contribution in [3.05, 3.63) is 23.5 Å². The highest BCUT2D eigenvalue weighted by molar-refractivity contribution is 6.62. The summed E-state index contributed by atoms with van der Waals surface area (Å²) in [6.45, 7) is 9.32. The number of hydrogen-bond donors (Lipinski definition) is 1. The highest BCUT2D eigenvalue weighted by atomic mass is 19.1. The third kappa shape index (κ3) is 2.43. The number of benzene rings is 1. The molecule has 6 heteroatoms. The molecule has 2 aliphatic heterocycles. The second-order valence-corrected chi connectivity index (χ2v) is 7.04. The average Bonchev–Trinajstić information content (AvgIpc) is 2.89. The van der Waals surface area contributed by atoms with Crippen LogP contribution in [0.3, 0.4) is 0 Å². The minimum atomic E-state index is -0.552. The van der Waals surface area contributed by atoms with Gasteiger partial charge in [-0.25, -0.2) is 4.39 Å². The van der Waals surface area contributed by atoms with Crippen LogP contribution in [-0.2, 0) is 15.7 Å². The molecule has 0 saturated carbocycles. The lowest BCUT2D eigenvalue weighted by Gasteiger charge is -2.32. The first-order valence-corrected chi connectivity index (χ1v) is 7.79. The number of hydrogen-bond acceptors (Lipinski definition) is 4. The summed E-state index contributed by atoms with van der Waals surface area (Å²) in [7, 11) is -0.552. The predicted octanol–water partition coefficient (Wildman–Crippen LogP) is 1.48. The van der Waals surface area contributed by atoms with Gasteiger partial charge in [-0.2, -0.15) is 0 Å². The van der Waals surface area contributed by atoms with Crippen LogP contribution in [0.4, 0.5) is 10.1 Å². The van der Waals surface area contributed by atoms with E-state index in [2.05, 4.69) is 0 Å². The number of aliphatic hydroxyl groups is 1. The maximum atomic E-state index is 14.1. The zero-order chi connectivity index (χ0) is 16.1. The number of rotatable bonds is 3. The Hall–Kier alpha value is -1.11. The summed E-state index contributed by atoms with van der Waals surface area (Å²) >= 11 is 0. The number of fused-ring (bicyclic) bond motifs is 1. The highest BCUT2D eigenvalue weighted by Crippen LogP contribution is 2.38. The Kier molecular flexibility index (Phi) is 3.74. The fourth-order valence-electron chi connectivity index (χ4n) is 3.10. The van der Waals surface area contributed by atoms with Gasteiger partial charge in [-0.1, -0.05) is 0 Å². The van der Waals surface area contributed by atoms with E-state index >= 15 is 0 Å². The Morgan fingerprint density at radius 3 is 2.45 bits per heavy atom. The molecule has 3 rings (SSSR count). The van der Waals surface area contributed by atoms with Crippen molar-refractivity contribution >= 4 is 18.3 Å². The molecular formula is C16H23BFNO3. The molecule has 0 atom stereocenters. The van der Waals surface area contributed by atoms with Crippen LogP contribution in [0.2, 0.25) is 0 Å². The summed E-state index contributed by atoms with van der Waals surface area (Å²) in [4.78, 5) is 2.01. The zero-order valence-electron chi connectivity index (χ0n) is 13.6. The fourth-order valence-corrected chi connectivity index (χ4v) is 3.10. The van der Waals surface area contributed by atoms with Crippen molar-refractivity contribution in [3.8, 4) is 0 Å². The fraction of sp³-hybridized carbons (Fsp3) is 0.625. The molecule has 22 heavy (non-hydrogen) atoms. The lowest BCUT2D eigenvalue weighted by molar-refractivity contribution is 0.00578. The van der Waals surface area contributed by atoms with Gasteiger partial charge in [0.25, 0.3) is 0 Å². The smallest absolute Gasteiger partial charge is 0.399 e. The van der Waals surface area contributed by atoms with Gasteiger partial charge in [0.15, 0.2) is 0 Å². The van der Waals surface area contributed by atoms with Gasteiger partial charge >= 0.3 is 7.12 Å². The SMILES string of the molecule is CC1(C)OB(c2cc(F)cc3c2CCN3CCO)OC1(C)C. The van der Waals surface area contributed by atoms with Gasteiger partial charge in [-0.15, -0.1) is 0 Å². The number of β-amino-alcohol motifs (C(OH)–C–C–N with tert-alkyl or cyclic N) is 1. The molecule has 0 unspecified atom stereocenters. The molecule has 4 nitrogen and oxygen atoms in total. The van der Waals surface area contributed by atoms with E-state index in [4.69, 9.17) is 14.4 Å². The molecule has 1 saturated heterocycles. The van der Waals surface area contributed by atoms with Crippen LogP contribution in [-0.4, -0.2) is 43.1 Å². The maximum Gasteiger partial charge on any atom is 0.495 e. The van der Waals surface area contributed by atoms with Crippen LogP contribution >= 0.6 is 0 Å². The van der Waals surface area contributed by atoms with E-state index in [0.717, 1.165) is 29.7 Å². The van der Waals surface area contributed by atoms with Crippen molar-refractivity contribution in [2.24, 2.45) is 0 Å². The summed E-state index contributed by atoms with van der Waals surface area (Å²) in [5.74, 6) is -0.298. The third-order valence-corrected chi connectivity index (χ3v) is 5.08. The van der Waals surface area contributed by atoms with Crippen molar-refractivity contribution in [2.45, 2.75) is 45.3 Å². The maximum absolute atomic E-state index is 14.1. The molecular weight excluding hydrogens is 284 g/mol. The molecule has 1 aromatic carbocycles. The van der Waals surface area contributed by atoms with Crippen molar-refractivity contribution < 1.29 is 18.8 Å². The molecule has 0 aliphatic carbocycles. The summed E-state index contributed by atoms with van der Waals surface area (Å²) in [6, 6.07) is 3.05. The Morgan fingerprint density at radius 1 is 1.23 bits per heavy atom. The number of anilines is 1. The molecule has 0 aromatic heterocycles. The standard InChI is InChI=1S/C16H23BFNO3/c1-15(2)16(3,4)22-17(21-15)13-9-11(18)10-14-12(13)5-6-19(14)7-8-20/h9-10,20H,5-8H2,1-4H3. The lowest BCUT2D eigenvalue weighted by Crippen LogP contribution is -2.41. The molecule has 2 aliphatic rings. The Labute approximate surface area is 131 Å². The van der Waals surface area contributed by atoms with Gasteiger partial charge < -0.3 is 19.3 Å². The van der Waals surface area contributed by atoms with Crippen molar-refractivity contribution in [2.75, 3.05) is 24.6 Å². The second kappa shape index (κ2) is 5.22. The first-order valence-electron chi connectivity index (χ1n) is 7.79. The molecule has 0 spiro atoms. The van der Waals surface area contributed by atoms with E-state index in [9.17, 15) is 4.39 Å². The van der Waals surface area contributed by atoms with E-state index in [-0.39, 0.29) is 12.4 Å². The third-order valence-electron chi connectivity index (χ3n) is 5.08. The zero-order valence-corrected chi connectivity index (χ0v) is 13.6. The summed E-state index contributed by atoms with van der Waals surface area (Å²) in [5, 5.41) is 9.15. The van der Waals surface area contributed by atoms with Gasteiger partial charge in [-0.3, -0.25) is 0 Å². The monoisotopic (exact) mass is 307 g/mol. The summed E-state index contributed by atoms with van der Waals surface area (Å²) in [6.07, 6.45) is 0.815. The van der Waals surface area contributed by atoms with Crippen LogP contribution in [0.15, 0.2) is 12.1 Å². The van der Waals surface area contributed by atoms with E-state index < -0.39 is 18.3 Å². The first-order chi connectivity index (χ1) is 10.2. The van der Waals surface area contributed by atoms with Gasteiger partial charge in [0, 0.05) is 18.8 Å². The van der Waals surface area contributed by atoms with Crippen molar-refractivity contribution in [3.63, 3.8) is 0 Å². The molecule has 0 bridgehead atoms. The van der Waals surface area contributed by atoms with Gasteiger partial charge in [0.1, 0.15) is 5.82 Å². The van der Waals surface area contributed by atoms with Crippen LogP contribution < -0.4 is 10.4 Å². The largest absolute Gasteiger partial charge is 0.495 e. The van der Waals surface area contributed by atoms with Gasteiger partial charge in [0.05, 0.1) is 17.8 Å². The van der Waals surface area contributed by atoms with Gasteiger partial charge in [0.2, 0.25) is 0 Å². The number of aliphatic hydroxyl groups excluding tert-OH is 1. The lowest BCUT2D eigenvalue weighted by atomic mass is 9.75. The molecule has 120 valence electrons. The summed E-state index contributed by atoms with van der Waals surface area (Å²) in [5.41, 5.74) is 1.79.